The first-order valence-electron chi connectivity index (χ1n) is 8.95. The van der Waals surface area contributed by atoms with Crippen LogP contribution in [0.3, 0.4) is 0 Å². The molecule has 3 heterocycles. The molecular weight excluding hydrogens is 320 g/mol. The second-order valence-corrected chi connectivity index (χ2v) is 6.97. The van der Waals surface area contributed by atoms with Crippen LogP contribution < -0.4 is 0 Å². The third-order valence-electron chi connectivity index (χ3n) is 5.01. The third kappa shape index (κ3) is 3.30. The Morgan fingerprint density at radius 1 is 1.36 bits per heavy atom. The molecule has 0 radical (unpaired) electrons. The predicted octanol–water partition coefficient (Wildman–Crippen LogP) is 1.43. The van der Waals surface area contributed by atoms with Crippen molar-refractivity contribution in [3.05, 3.63) is 29.3 Å². The largest absolute Gasteiger partial charge is 0.375 e. The lowest BCUT2D eigenvalue weighted by atomic mass is 10.1. The van der Waals surface area contributed by atoms with Gasteiger partial charge in [0, 0.05) is 31.9 Å². The van der Waals surface area contributed by atoms with Crippen LogP contribution in [0, 0.1) is 12.8 Å². The Bertz CT molecular complexity index is 757. The van der Waals surface area contributed by atoms with E-state index in [0.717, 1.165) is 30.5 Å². The van der Waals surface area contributed by atoms with Gasteiger partial charge in [0.15, 0.2) is 0 Å². The molecule has 0 bridgehead atoms. The Hall–Kier alpha value is -2.22. The maximum atomic E-state index is 12.6. The predicted molar refractivity (Wildman–Crippen MR) is 90.0 cm³/mol. The fraction of sp³-hybridized carbons (Fsp3) is 0.647. The van der Waals surface area contributed by atoms with Gasteiger partial charge in [0.05, 0.1) is 30.6 Å². The first-order valence-corrected chi connectivity index (χ1v) is 8.95. The summed E-state index contributed by atoms with van der Waals surface area (Å²) in [4.78, 5) is 14.4. The molecule has 2 fully saturated rings. The topological polar surface area (TPSA) is 78.1 Å². The van der Waals surface area contributed by atoms with Gasteiger partial charge in [0.1, 0.15) is 5.69 Å². The molecule has 0 N–H and O–H groups in total. The highest BCUT2D eigenvalue weighted by atomic mass is 16.5. The molecule has 2 aromatic rings. The minimum atomic E-state index is 0.0431. The summed E-state index contributed by atoms with van der Waals surface area (Å²) in [6.45, 7) is 7.37. The van der Waals surface area contributed by atoms with Gasteiger partial charge in [-0.3, -0.25) is 9.48 Å². The number of aryl methyl sites for hydroxylation is 1. The summed E-state index contributed by atoms with van der Waals surface area (Å²) in [6, 6.07) is 0.190. The Balaban J connectivity index is 1.30. The molecule has 0 unspecified atom stereocenters. The van der Waals surface area contributed by atoms with Gasteiger partial charge in [-0.15, -0.1) is 5.10 Å². The fourth-order valence-electron chi connectivity index (χ4n) is 3.11. The Kier molecular flexibility index (Phi) is 4.29. The normalized spacial score (nSPS) is 17.8. The molecule has 0 spiro atoms. The van der Waals surface area contributed by atoms with Gasteiger partial charge in [-0.25, -0.2) is 4.68 Å². The number of nitrogens with zero attached hydrogens (tertiary/aromatic N) is 6. The van der Waals surface area contributed by atoms with E-state index in [9.17, 15) is 4.79 Å². The van der Waals surface area contributed by atoms with E-state index in [1.54, 1.807) is 6.20 Å². The molecule has 134 valence electrons. The van der Waals surface area contributed by atoms with E-state index in [0.29, 0.717) is 25.3 Å². The van der Waals surface area contributed by atoms with Gasteiger partial charge in [-0.1, -0.05) is 5.21 Å². The van der Waals surface area contributed by atoms with Crippen LogP contribution >= 0.6 is 0 Å². The van der Waals surface area contributed by atoms with E-state index >= 15 is 0 Å². The van der Waals surface area contributed by atoms with E-state index in [1.807, 2.05) is 34.3 Å². The van der Waals surface area contributed by atoms with E-state index in [1.165, 1.54) is 12.8 Å². The van der Waals surface area contributed by atoms with Crippen LogP contribution in [0.5, 0.6) is 0 Å². The Labute approximate surface area is 146 Å². The highest BCUT2D eigenvalue weighted by Crippen LogP contribution is 2.29. The molecule has 1 aliphatic heterocycles. The van der Waals surface area contributed by atoms with Crippen LogP contribution in [0.25, 0.3) is 0 Å². The van der Waals surface area contributed by atoms with Crippen molar-refractivity contribution in [1.82, 2.24) is 29.7 Å². The summed E-state index contributed by atoms with van der Waals surface area (Å²) >= 11 is 0. The van der Waals surface area contributed by atoms with E-state index < -0.39 is 0 Å². The van der Waals surface area contributed by atoms with Crippen molar-refractivity contribution >= 4 is 5.91 Å². The van der Waals surface area contributed by atoms with Crippen LogP contribution in [0.2, 0.25) is 0 Å². The van der Waals surface area contributed by atoms with Crippen molar-refractivity contribution in [2.45, 2.75) is 45.9 Å². The lowest BCUT2D eigenvalue weighted by Crippen LogP contribution is -2.51. The summed E-state index contributed by atoms with van der Waals surface area (Å²) in [5.74, 6) is 0.795. The van der Waals surface area contributed by atoms with Gasteiger partial charge in [-0.05, 0) is 32.6 Å². The molecule has 8 nitrogen and oxygen atoms in total. The van der Waals surface area contributed by atoms with Crippen molar-refractivity contribution in [1.29, 1.82) is 0 Å². The first-order chi connectivity index (χ1) is 12.2. The maximum Gasteiger partial charge on any atom is 0.257 e. The van der Waals surface area contributed by atoms with Crippen molar-refractivity contribution < 1.29 is 9.53 Å². The molecule has 2 aliphatic rings. The van der Waals surface area contributed by atoms with E-state index in [4.69, 9.17) is 4.74 Å². The summed E-state index contributed by atoms with van der Waals surface area (Å²) in [5, 5.41) is 12.6. The zero-order valence-corrected chi connectivity index (χ0v) is 14.8. The average molecular weight is 344 g/mol. The molecule has 1 saturated heterocycles. The van der Waals surface area contributed by atoms with Gasteiger partial charge < -0.3 is 9.64 Å². The number of hydrogen-bond donors (Lipinski definition) is 0. The third-order valence-corrected chi connectivity index (χ3v) is 5.01. The highest BCUT2D eigenvalue weighted by Gasteiger charge is 2.34. The van der Waals surface area contributed by atoms with E-state index in [-0.39, 0.29) is 11.9 Å². The van der Waals surface area contributed by atoms with Crippen molar-refractivity contribution in [2.75, 3.05) is 19.7 Å². The number of carbonyl (C=O) groups excluding carboxylic acids is 1. The second kappa shape index (κ2) is 6.59. The number of amides is 1. The SMILES string of the molecule is CCn1ncc(C(=O)N2CC(n3cc(COCC4CC4)nn3)C2)c1C. The highest BCUT2D eigenvalue weighted by molar-refractivity contribution is 5.95. The van der Waals surface area contributed by atoms with Gasteiger partial charge >= 0.3 is 0 Å². The standard InChI is InChI=1S/C17H24N6O2/c1-3-22-12(2)16(6-18-22)17(24)21-8-15(9-21)23-7-14(19-20-23)11-25-10-13-4-5-13/h6-7,13,15H,3-5,8-11H2,1-2H3. The van der Waals surface area contributed by atoms with E-state index in [2.05, 4.69) is 15.4 Å². The number of hydrogen-bond acceptors (Lipinski definition) is 5. The van der Waals surface area contributed by atoms with Crippen molar-refractivity contribution in [3.8, 4) is 0 Å². The van der Waals surface area contributed by atoms with Crippen LogP contribution in [-0.4, -0.2) is 55.3 Å². The molecule has 8 heteroatoms. The quantitative estimate of drug-likeness (QED) is 0.759. The molecule has 4 rings (SSSR count). The number of aromatic nitrogens is 5. The van der Waals surface area contributed by atoms with Gasteiger partial charge in [0.25, 0.3) is 5.91 Å². The van der Waals surface area contributed by atoms with Crippen LogP contribution in [0.1, 0.15) is 47.6 Å². The number of ether oxygens (including phenoxy) is 1. The Morgan fingerprint density at radius 2 is 2.16 bits per heavy atom. The smallest absolute Gasteiger partial charge is 0.257 e. The number of likely N-dealkylation sites (tertiary alicyclic amines) is 1. The molecular formula is C17H24N6O2. The van der Waals surface area contributed by atoms with Crippen LogP contribution in [0.4, 0.5) is 0 Å². The average Bonchev–Trinajstić information content (AvgIpc) is 3.14. The van der Waals surface area contributed by atoms with Crippen molar-refractivity contribution in [3.63, 3.8) is 0 Å². The lowest BCUT2D eigenvalue weighted by molar-refractivity contribution is 0.0497. The zero-order chi connectivity index (χ0) is 17.4. The van der Waals surface area contributed by atoms with Gasteiger partial charge in [-0.2, -0.15) is 5.10 Å². The maximum absolute atomic E-state index is 12.6. The summed E-state index contributed by atoms with van der Waals surface area (Å²) in [5.41, 5.74) is 2.46. The molecule has 2 aromatic heterocycles. The molecule has 25 heavy (non-hydrogen) atoms. The fourth-order valence-corrected chi connectivity index (χ4v) is 3.11. The van der Waals surface area contributed by atoms with Crippen molar-refractivity contribution in [2.24, 2.45) is 5.92 Å². The first kappa shape index (κ1) is 16.3. The number of carbonyl (C=O) groups is 1. The minimum Gasteiger partial charge on any atom is -0.375 e. The molecule has 0 aromatic carbocycles. The number of rotatable bonds is 7. The summed E-state index contributed by atoms with van der Waals surface area (Å²) < 4.78 is 9.33. The Morgan fingerprint density at radius 3 is 2.84 bits per heavy atom. The second-order valence-electron chi connectivity index (χ2n) is 6.97. The van der Waals surface area contributed by atoms with Gasteiger partial charge in [0.2, 0.25) is 0 Å². The summed E-state index contributed by atoms with van der Waals surface area (Å²) in [6.07, 6.45) is 6.17. The van der Waals surface area contributed by atoms with Crippen LogP contribution in [0.15, 0.2) is 12.4 Å². The summed E-state index contributed by atoms with van der Waals surface area (Å²) in [7, 11) is 0. The monoisotopic (exact) mass is 344 g/mol. The molecule has 1 aliphatic carbocycles. The molecule has 1 amide bonds. The lowest BCUT2D eigenvalue weighted by Gasteiger charge is -2.38. The molecule has 0 atom stereocenters. The minimum absolute atomic E-state index is 0.0431. The van der Waals surface area contributed by atoms with Crippen LogP contribution in [-0.2, 0) is 17.9 Å². The zero-order valence-electron chi connectivity index (χ0n) is 14.8. The molecule has 1 saturated carbocycles.